The predicted molar refractivity (Wildman–Crippen MR) is 321 cm³/mol. The van der Waals surface area contributed by atoms with Crippen LogP contribution in [0.2, 0.25) is 0 Å². The third-order valence-corrected chi connectivity index (χ3v) is 15.3. The molecule has 0 spiro atoms. The first-order valence-corrected chi connectivity index (χ1v) is 32.0. The van der Waals surface area contributed by atoms with Crippen molar-refractivity contribution in [1.29, 1.82) is 0 Å². The van der Waals surface area contributed by atoms with Crippen molar-refractivity contribution in [1.82, 2.24) is 0 Å². The summed E-state index contributed by atoms with van der Waals surface area (Å²) in [5.74, 6) is -4.58. The normalized spacial score (nSPS) is 10.8. The van der Waals surface area contributed by atoms with Gasteiger partial charge in [-0.3, -0.25) is 0 Å². The van der Waals surface area contributed by atoms with Crippen LogP contribution in [-0.2, 0) is 36.6 Å². The number of rotatable bonds is 48. The maximum atomic E-state index is 11.4. The van der Waals surface area contributed by atoms with Gasteiger partial charge in [-0.05, 0) is 73.4 Å². The molecule has 9 nitrogen and oxygen atoms in total. The van der Waals surface area contributed by atoms with Crippen molar-refractivity contribution >= 4 is 17.9 Å². The molecule has 0 aliphatic carbocycles. The number of carboxylic acid groups (broad SMARTS) is 3. The second-order valence-corrected chi connectivity index (χ2v) is 22.4. The van der Waals surface area contributed by atoms with Gasteiger partial charge < -0.3 is 30.6 Å². The molecule has 1 radical (unpaired) electrons. The Bertz CT molecular complexity index is 1710. The van der Waals surface area contributed by atoms with E-state index < -0.39 is 35.2 Å². The van der Waals surface area contributed by atoms with Crippen LogP contribution in [0.4, 0.5) is 0 Å². The Kier molecular flexibility index (Phi) is 50.6. The fourth-order valence-electron chi connectivity index (χ4n) is 10.3. The molecule has 0 saturated heterocycles. The Morgan fingerprint density at radius 3 is 0.582 bits per heavy atom. The van der Waals surface area contributed by atoms with Crippen LogP contribution in [0.25, 0.3) is 0 Å². The molecule has 0 unspecified atom stereocenters. The molecule has 3 aromatic carbocycles. The maximum absolute atomic E-state index is 11.4. The summed E-state index contributed by atoms with van der Waals surface area (Å²) < 4.78 is 0. The van der Waals surface area contributed by atoms with Gasteiger partial charge in [-0.25, -0.2) is 14.4 Å². The molecule has 0 saturated carbocycles. The zero-order valence-electron chi connectivity index (χ0n) is 50.2. The summed E-state index contributed by atoms with van der Waals surface area (Å²) in [6.07, 6.45) is 58.5. The minimum absolute atomic E-state index is 0. The zero-order valence-corrected chi connectivity index (χ0v) is 51.5. The summed E-state index contributed by atoms with van der Waals surface area (Å²) >= 11 is 0. The first-order chi connectivity index (χ1) is 37.9. The van der Waals surface area contributed by atoms with Gasteiger partial charge in [0.05, 0.1) is 16.7 Å². The molecule has 0 aromatic heterocycles. The number of hydrogen-bond donors (Lipinski definition) is 3. The number of carboxylic acids is 3. The van der Waals surface area contributed by atoms with Crippen LogP contribution in [0.3, 0.4) is 0 Å². The fourth-order valence-corrected chi connectivity index (χ4v) is 10.3. The van der Waals surface area contributed by atoms with E-state index in [0.29, 0.717) is 0 Å². The second kappa shape index (κ2) is 53.3. The molecular weight excluding hydrogens is 1020 g/mol. The minimum Gasteiger partial charge on any atom is -0.872 e. The van der Waals surface area contributed by atoms with Gasteiger partial charge in [0.15, 0.2) is 0 Å². The molecule has 447 valence electrons. The first kappa shape index (κ1) is 75.0. The fraction of sp³-hybridized carbons (Fsp3) is 0.696. The number of aromatic carboxylic acids is 3. The van der Waals surface area contributed by atoms with Gasteiger partial charge >= 0.3 is 35.3 Å². The summed E-state index contributed by atoms with van der Waals surface area (Å²) in [7, 11) is 0. The summed E-state index contributed by atoms with van der Waals surface area (Å²) in [6, 6.07) is 14.0. The van der Waals surface area contributed by atoms with Crippen LogP contribution in [0.15, 0.2) is 54.6 Å². The zero-order chi connectivity index (χ0) is 57.1. The van der Waals surface area contributed by atoms with E-state index in [1.165, 1.54) is 287 Å². The Morgan fingerprint density at radius 1 is 0.278 bits per heavy atom. The number of hydrogen-bond acceptors (Lipinski definition) is 6. The van der Waals surface area contributed by atoms with Crippen molar-refractivity contribution in [2.24, 2.45) is 0 Å². The van der Waals surface area contributed by atoms with Crippen LogP contribution in [-0.4, -0.2) is 33.2 Å². The third kappa shape index (κ3) is 42.5. The minimum atomic E-state index is -1.13. The van der Waals surface area contributed by atoms with E-state index in [1.807, 2.05) is 0 Å². The van der Waals surface area contributed by atoms with Crippen LogP contribution in [0, 0.1) is 0 Å². The van der Waals surface area contributed by atoms with Gasteiger partial charge in [0.2, 0.25) is 0 Å². The topological polar surface area (TPSA) is 181 Å². The van der Waals surface area contributed by atoms with Gasteiger partial charge in [0.1, 0.15) is 0 Å². The van der Waals surface area contributed by atoms with Crippen molar-refractivity contribution in [3.8, 4) is 17.2 Å². The molecule has 0 aliphatic rings. The van der Waals surface area contributed by atoms with E-state index in [0.717, 1.165) is 55.2 Å². The predicted octanol–water partition coefficient (Wildman–Crippen LogP) is 19.4. The molecule has 0 aliphatic heterocycles. The average Bonchev–Trinajstić information content (AvgIpc) is 3.42. The maximum Gasteiger partial charge on any atom is 3.00 e. The molecule has 79 heavy (non-hydrogen) atoms. The molecular formula is C69H111CrO9. The van der Waals surface area contributed by atoms with Crippen LogP contribution < -0.4 is 15.3 Å². The van der Waals surface area contributed by atoms with E-state index in [9.17, 15) is 29.7 Å². The Morgan fingerprint density at radius 2 is 0.430 bits per heavy atom. The van der Waals surface area contributed by atoms with E-state index >= 15 is 0 Å². The summed E-state index contributed by atoms with van der Waals surface area (Å²) in [6.45, 7) is 6.79. The molecule has 0 atom stereocenters. The van der Waals surface area contributed by atoms with Crippen molar-refractivity contribution < 1.29 is 62.4 Å². The number of benzene rings is 3. The smallest absolute Gasteiger partial charge is 0.872 e. The van der Waals surface area contributed by atoms with Crippen LogP contribution >= 0.6 is 0 Å². The number of aryl methyl sites for hydroxylation is 3. The standard InChI is InChI=1S/3C23H38O3.Cr/c3*1-2-3-4-5-6-7-8-9-10-11-12-13-14-15-16-20-17-18-22(24)21(19-20)23(25)26;/h3*17-19,24H,2-16H2,1H3,(H,25,26);/q;;;+3/p-3. The van der Waals surface area contributed by atoms with Gasteiger partial charge in [-0.2, -0.15) is 0 Å². The monoisotopic (exact) mass is 1140 g/mol. The number of unbranched alkanes of at least 4 members (excludes halogenated alkanes) is 39. The Balaban J connectivity index is 0.00000115. The first-order valence-electron chi connectivity index (χ1n) is 32.0. The van der Waals surface area contributed by atoms with E-state index in [1.54, 1.807) is 18.2 Å². The van der Waals surface area contributed by atoms with E-state index in [2.05, 4.69) is 20.8 Å². The van der Waals surface area contributed by atoms with Crippen LogP contribution in [0.5, 0.6) is 17.2 Å². The molecule has 0 heterocycles. The summed E-state index contributed by atoms with van der Waals surface area (Å²) in [5, 5.41) is 61.3. The third-order valence-electron chi connectivity index (χ3n) is 15.3. The summed E-state index contributed by atoms with van der Waals surface area (Å²) in [5.41, 5.74) is 2.57. The molecule has 0 fully saturated rings. The van der Waals surface area contributed by atoms with Gasteiger partial charge in [-0.15, -0.1) is 0 Å². The van der Waals surface area contributed by atoms with Crippen molar-refractivity contribution in [2.75, 3.05) is 0 Å². The largest absolute Gasteiger partial charge is 3.00 e. The second-order valence-electron chi connectivity index (χ2n) is 22.4. The molecule has 3 N–H and O–H groups in total. The van der Waals surface area contributed by atoms with E-state index in [-0.39, 0.29) is 34.1 Å². The molecule has 3 aromatic rings. The van der Waals surface area contributed by atoms with Gasteiger partial charge in [0, 0.05) is 0 Å². The van der Waals surface area contributed by atoms with Crippen molar-refractivity contribution in [2.45, 2.75) is 310 Å². The number of carbonyl (C=O) groups is 3. The van der Waals surface area contributed by atoms with Crippen molar-refractivity contribution in [3.05, 3.63) is 88.0 Å². The quantitative estimate of drug-likeness (QED) is 0.0464. The van der Waals surface area contributed by atoms with Crippen molar-refractivity contribution in [3.63, 3.8) is 0 Å². The SMILES string of the molecule is CCCCCCCCCCCCCCCCc1ccc([O-])c(C(=O)O)c1.CCCCCCCCCCCCCCCCc1ccc([O-])c(C(=O)O)c1.CCCCCCCCCCCCCCCCc1ccc([O-])c(C(=O)O)c1.[Cr+3]. The van der Waals surface area contributed by atoms with Crippen LogP contribution in [0.1, 0.15) is 338 Å². The molecule has 3 rings (SSSR count). The van der Waals surface area contributed by atoms with Gasteiger partial charge in [0.25, 0.3) is 0 Å². The molecule has 10 heteroatoms. The summed E-state index contributed by atoms with van der Waals surface area (Å²) in [4.78, 5) is 32.9. The molecule has 0 bridgehead atoms. The average molecular weight is 1140 g/mol. The van der Waals surface area contributed by atoms with Gasteiger partial charge in [-0.1, -0.05) is 325 Å². The van der Waals surface area contributed by atoms with E-state index in [4.69, 9.17) is 15.3 Å². The molecule has 0 amide bonds. The Labute approximate surface area is 492 Å². The Hall–Kier alpha value is -4.00.